The van der Waals surface area contributed by atoms with E-state index in [-0.39, 0.29) is 5.91 Å². The first-order valence-corrected chi connectivity index (χ1v) is 8.25. The van der Waals surface area contributed by atoms with Crippen molar-refractivity contribution in [2.75, 3.05) is 11.9 Å². The van der Waals surface area contributed by atoms with E-state index in [1.54, 1.807) is 30.3 Å². The first kappa shape index (κ1) is 17.1. The number of benzene rings is 2. The van der Waals surface area contributed by atoms with Crippen molar-refractivity contribution in [3.8, 4) is 5.75 Å². The maximum Gasteiger partial charge on any atom is 0.259 e. The summed E-state index contributed by atoms with van der Waals surface area (Å²) in [6.45, 7) is 2.55. The monoisotopic (exact) mass is 401 g/mol. The summed E-state index contributed by atoms with van der Waals surface area (Å²) < 4.78 is 6.40. The average Bonchev–Trinajstić information content (AvgIpc) is 2.50. The van der Waals surface area contributed by atoms with E-state index >= 15 is 0 Å². The van der Waals surface area contributed by atoms with Gasteiger partial charge in [0.2, 0.25) is 0 Å². The molecule has 0 aromatic heterocycles. The molecular formula is C16H14BrCl2NO2. The third kappa shape index (κ3) is 4.15. The summed E-state index contributed by atoms with van der Waals surface area (Å²) in [6, 6.07) is 10.4. The average molecular weight is 403 g/mol. The number of hydrogen-bond acceptors (Lipinski definition) is 2. The van der Waals surface area contributed by atoms with Gasteiger partial charge in [0.1, 0.15) is 5.75 Å². The van der Waals surface area contributed by atoms with Crippen LogP contribution in [0.1, 0.15) is 23.7 Å². The van der Waals surface area contributed by atoms with Gasteiger partial charge in [0.25, 0.3) is 5.91 Å². The van der Waals surface area contributed by atoms with Gasteiger partial charge >= 0.3 is 0 Å². The standard InChI is InChI=1S/C16H14BrCl2NO2/c1-2-8-22-14-7-6-10(17)9-11(14)16(21)20-13-5-3-4-12(18)15(13)19/h3-7,9H,2,8H2,1H3,(H,20,21). The predicted octanol–water partition coefficient (Wildman–Crippen LogP) is 5.80. The lowest BCUT2D eigenvalue weighted by Crippen LogP contribution is -2.14. The molecular weight excluding hydrogens is 389 g/mol. The van der Waals surface area contributed by atoms with Crippen molar-refractivity contribution in [3.63, 3.8) is 0 Å². The van der Waals surface area contributed by atoms with Crippen LogP contribution in [0.4, 0.5) is 5.69 Å². The minimum absolute atomic E-state index is 0.309. The van der Waals surface area contributed by atoms with Gasteiger partial charge in [-0.2, -0.15) is 0 Å². The van der Waals surface area contributed by atoms with Crippen LogP contribution in [0.2, 0.25) is 10.0 Å². The lowest BCUT2D eigenvalue weighted by atomic mass is 10.2. The van der Waals surface area contributed by atoms with Gasteiger partial charge < -0.3 is 10.1 Å². The van der Waals surface area contributed by atoms with E-state index in [1.165, 1.54) is 0 Å². The van der Waals surface area contributed by atoms with E-state index in [0.717, 1.165) is 10.9 Å². The highest BCUT2D eigenvalue weighted by molar-refractivity contribution is 9.10. The Morgan fingerprint density at radius 3 is 2.77 bits per heavy atom. The SMILES string of the molecule is CCCOc1ccc(Br)cc1C(=O)Nc1cccc(Cl)c1Cl. The van der Waals surface area contributed by atoms with Crippen LogP contribution >= 0.6 is 39.1 Å². The molecule has 0 aliphatic heterocycles. The van der Waals surface area contributed by atoms with Crippen molar-refractivity contribution in [2.24, 2.45) is 0 Å². The minimum atomic E-state index is -0.309. The van der Waals surface area contributed by atoms with Gasteiger partial charge in [-0.1, -0.05) is 52.1 Å². The Morgan fingerprint density at radius 2 is 2.05 bits per heavy atom. The molecule has 0 unspecified atom stereocenters. The first-order valence-electron chi connectivity index (χ1n) is 6.70. The van der Waals surface area contributed by atoms with Crippen LogP contribution in [0, 0.1) is 0 Å². The molecule has 116 valence electrons. The van der Waals surface area contributed by atoms with Crippen LogP contribution in [0.25, 0.3) is 0 Å². The molecule has 0 aliphatic carbocycles. The Labute approximate surface area is 147 Å². The van der Waals surface area contributed by atoms with Crippen LogP contribution in [0.3, 0.4) is 0 Å². The first-order chi connectivity index (χ1) is 10.5. The van der Waals surface area contributed by atoms with E-state index in [1.807, 2.05) is 13.0 Å². The van der Waals surface area contributed by atoms with Crippen LogP contribution in [-0.4, -0.2) is 12.5 Å². The highest BCUT2D eigenvalue weighted by Crippen LogP contribution is 2.31. The molecule has 0 spiro atoms. The van der Waals surface area contributed by atoms with E-state index < -0.39 is 0 Å². The lowest BCUT2D eigenvalue weighted by molar-refractivity contribution is 0.102. The van der Waals surface area contributed by atoms with Gasteiger partial charge in [0, 0.05) is 4.47 Å². The number of carbonyl (C=O) groups is 1. The van der Waals surface area contributed by atoms with Crippen LogP contribution in [0.15, 0.2) is 40.9 Å². The van der Waals surface area contributed by atoms with Crippen molar-refractivity contribution in [1.82, 2.24) is 0 Å². The van der Waals surface area contributed by atoms with E-state index in [2.05, 4.69) is 21.2 Å². The molecule has 0 bridgehead atoms. The molecule has 2 rings (SSSR count). The Bertz CT molecular complexity index is 692. The number of carbonyl (C=O) groups excluding carboxylic acids is 1. The van der Waals surface area contributed by atoms with Crippen molar-refractivity contribution < 1.29 is 9.53 Å². The third-order valence-corrected chi connectivity index (χ3v) is 4.16. The fourth-order valence-electron chi connectivity index (χ4n) is 1.81. The smallest absolute Gasteiger partial charge is 0.259 e. The molecule has 0 saturated carbocycles. The second-order valence-electron chi connectivity index (χ2n) is 4.54. The zero-order chi connectivity index (χ0) is 16.1. The van der Waals surface area contributed by atoms with Gasteiger partial charge in [-0.15, -0.1) is 0 Å². The van der Waals surface area contributed by atoms with E-state index in [9.17, 15) is 4.79 Å². The van der Waals surface area contributed by atoms with Crippen molar-refractivity contribution in [3.05, 3.63) is 56.5 Å². The molecule has 0 heterocycles. The van der Waals surface area contributed by atoms with Gasteiger partial charge in [0.15, 0.2) is 0 Å². The van der Waals surface area contributed by atoms with Gasteiger partial charge in [-0.3, -0.25) is 4.79 Å². The number of amides is 1. The fraction of sp³-hybridized carbons (Fsp3) is 0.188. The molecule has 1 amide bonds. The summed E-state index contributed by atoms with van der Waals surface area (Å²) in [5.74, 6) is 0.220. The molecule has 6 heteroatoms. The lowest BCUT2D eigenvalue weighted by Gasteiger charge is -2.13. The summed E-state index contributed by atoms with van der Waals surface area (Å²) in [5.41, 5.74) is 0.888. The molecule has 1 N–H and O–H groups in total. The minimum Gasteiger partial charge on any atom is -0.493 e. The van der Waals surface area contributed by atoms with Crippen LogP contribution in [-0.2, 0) is 0 Å². The number of ether oxygens (including phenoxy) is 1. The Hall–Kier alpha value is -1.23. The Balaban J connectivity index is 2.28. The van der Waals surface area contributed by atoms with Gasteiger partial charge in [0.05, 0.1) is 27.9 Å². The third-order valence-electron chi connectivity index (χ3n) is 2.85. The summed E-state index contributed by atoms with van der Waals surface area (Å²) in [6.07, 6.45) is 0.858. The van der Waals surface area contributed by atoms with Crippen LogP contribution < -0.4 is 10.1 Å². The summed E-state index contributed by atoms with van der Waals surface area (Å²) in [4.78, 5) is 12.5. The topological polar surface area (TPSA) is 38.3 Å². The van der Waals surface area contributed by atoms with Crippen LogP contribution in [0.5, 0.6) is 5.75 Å². The molecule has 3 nitrogen and oxygen atoms in total. The molecule has 0 atom stereocenters. The predicted molar refractivity (Wildman–Crippen MR) is 94.3 cm³/mol. The molecule has 2 aromatic carbocycles. The normalized spacial score (nSPS) is 10.4. The molecule has 0 saturated heterocycles. The van der Waals surface area contributed by atoms with Crippen molar-refractivity contribution in [1.29, 1.82) is 0 Å². The number of hydrogen-bond donors (Lipinski definition) is 1. The second kappa shape index (κ2) is 7.86. The summed E-state index contributed by atoms with van der Waals surface area (Å²) in [5, 5.41) is 3.45. The van der Waals surface area contributed by atoms with Crippen molar-refractivity contribution in [2.45, 2.75) is 13.3 Å². The number of halogens is 3. The maximum absolute atomic E-state index is 12.5. The second-order valence-corrected chi connectivity index (χ2v) is 6.25. The summed E-state index contributed by atoms with van der Waals surface area (Å²) >= 11 is 15.4. The zero-order valence-corrected chi connectivity index (χ0v) is 14.9. The highest BCUT2D eigenvalue weighted by atomic mass is 79.9. The zero-order valence-electron chi connectivity index (χ0n) is 11.8. The molecule has 2 aromatic rings. The molecule has 0 fully saturated rings. The van der Waals surface area contributed by atoms with Gasteiger partial charge in [-0.25, -0.2) is 0 Å². The largest absolute Gasteiger partial charge is 0.493 e. The van der Waals surface area contributed by atoms with Crippen molar-refractivity contribution >= 4 is 50.7 Å². The molecule has 0 aliphatic rings. The van der Waals surface area contributed by atoms with E-state index in [0.29, 0.717) is 33.7 Å². The summed E-state index contributed by atoms with van der Waals surface area (Å²) in [7, 11) is 0. The van der Waals surface area contributed by atoms with Gasteiger partial charge in [-0.05, 0) is 36.8 Å². The Morgan fingerprint density at radius 1 is 1.27 bits per heavy atom. The fourth-order valence-corrected chi connectivity index (χ4v) is 2.52. The number of rotatable bonds is 5. The van der Waals surface area contributed by atoms with E-state index in [4.69, 9.17) is 27.9 Å². The number of nitrogens with one attached hydrogen (secondary N) is 1. The maximum atomic E-state index is 12.5. The quantitative estimate of drug-likeness (QED) is 0.686. The number of anilines is 1. The molecule has 0 radical (unpaired) electrons. The molecule has 22 heavy (non-hydrogen) atoms. The highest BCUT2D eigenvalue weighted by Gasteiger charge is 2.15. The Kier molecular flexibility index (Phi) is 6.12.